The van der Waals surface area contributed by atoms with E-state index in [1.54, 1.807) is 0 Å². The van der Waals surface area contributed by atoms with Crippen LogP contribution >= 0.6 is 0 Å². The normalized spacial score (nSPS) is 18.3. The number of aromatic nitrogens is 2. The average molecular weight is 310 g/mol. The SMILES string of the molecule is OCC1CCCc2nc(Cc3ccc(C(F)(F)F)cc3)cn21. The topological polar surface area (TPSA) is 38.1 Å². The third-order valence-electron chi connectivity index (χ3n) is 4.07. The Bertz CT molecular complexity index is 646. The molecule has 1 aliphatic rings. The second kappa shape index (κ2) is 5.76. The van der Waals surface area contributed by atoms with Gasteiger partial charge in [-0.2, -0.15) is 13.2 Å². The van der Waals surface area contributed by atoms with Gasteiger partial charge in [0.1, 0.15) is 5.82 Å². The standard InChI is InChI=1S/C16H17F3N2O/c17-16(18,19)12-6-4-11(5-7-12)8-13-9-21-14(10-22)2-1-3-15(21)20-13/h4-7,9,14,22H,1-3,8,10H2. The van der Waals surface area contributed by atoms with Gasteiger partial charge in [-0.05, 0) is 30.5 Å². The number of imidazole rings is 1. The first-order chi connectivity index (χ1) is 10.5. The van der Waals surface area contributed by atoms with Crippen LogP contribution in [0.15, 0.2) is 30.5 Å². The van der Waals surface area contributed by atoms with Gasteiger partial charge in [-0.15, -0.1) is 0 Å². The van der Waals surface area contributed by atoms with Crippen LogP contribution in [0, 0.1) is 0 Å². The lowest BCUT2D eigenvalue weighted by Crippen LogP contribution is -2.20. The van der Waals surface area contributed by atoms with Crippen LogP contribution in [0.1, 0.15) is 41.5 Å². The number of halogens is 3. The molecule has 1 N–H and O–H groups in total. The van der Waals surface area contributed by atoms with Crippen molar-refractivity contribution in [2.45, 2.75) is 37.9 Å². The molecule has 0 spiro atoms. The summed E-state index contributed by atoms with van der Waals surface area (Å²) in [6.45, 7) is 0.0864. The minimum atomic E-state index is -4.31. The van der Waals surface area contributed by atoms with Crippen molar-refractivity contribution in [3.8, 4) is 0 Å². The maximum Gasteiger partial charge on any atom is 0.416 e. The number of aliphatic hydroxyl groups excluding tert-OH is 1. The summed E-state index contributed by atoms with van der Waals surface area (Å²) < 4.78 is 39.6. The van der Waals surface area contributed by atoms with E-state index in [1.165, 1.54) is 12.1 Å². The predicted octanol–water partition coefficient (Wildman–Crippen LogP) is 3.36. The Morgan fingerprint density at radius 3 is 2.59 bits per heavy atom. The van der Waals surface area contributed by atoms with Crippen LogP contribution in [-0.4, -0.2) is 21.3 Å². The van der Waals surface area contributed by atoms with Crippen LogP contribution in [-0.2, 0) is 19.0 Å². The molecule has 1 unspecified atom stereocenters. The number of benzene rings is 1. The van der Waals surface area contributed by atoms with E-state index < -0.39 is 11.7 Å². The van der Waals surface area contributed by atoms with Gasteiger partial charge in [-0.3, -0.25) is 0 Å². The smallest absolute Gasteiger partial charge is 0.394 e. The maximum atomic E-state index is 12.5. The number of hydrogen-bond donors (Lipinski definition) is 1. The molecular weight excluding hydrogens is 293 g/mol. The molecule has 1 aromatic carbocycles. The minimum Gasteiger partial charge on any atom is -0.394 e. The van der Waals surface area contributed by atoms with Crippen LogP contribution in [0.25, 0.3) is 0 Å². The molecule has 3 rings (SSSR count). The summed E-state index contributed by atoms with van der Waals surface area (Å²) >= 11 is 0. The van der Waals surface area contributed by atoms with Crippen molar-refractivity contribution in [1.29, 1.82) is 0 Å². The Kier molecular flexibility index (Phi) is 3.95. The highest BCUT2D eigenvalue weighted by atomic mass is 19.4. The summed E-state index contributed by atoms with van der Waals surface area (Å²) in [6, 6.07) is 5.25. The number of aliphatic hydroxyl groups is 1. The van der Waals surface area contributed by atoms with Gasteiger partial charge in [0.15, 0.2) is 0 Å². The van der Waals surface area contributed by atoms with Gasteiger partial charge in [0.25, 0.3) is 0 Å². The molecule has 0 amide bonds. The molecule has 0 aliphatic carbocycles. The van der Waals surface area contributed by atoms with Gasteiger partial charge < -0.3 is 9.67 Å². The summed E-state index contributed by atoms with van der Waals surface area (Å²) in [5, 5.41) is 9.39. The number of alkyl halides is 3. The molecule has 0 saturated heterocycles. The fourth-order valence-electron chi connectivity index (χ4n) is 2.91. The lowest BCUT2D eigenvalue weighted by atomic mass is 10.1. The van der Waals surface area contributed by atoms with Crippen LogP contribution in [0.3, 0.4) is 0 Å². The maximum absolute atomic E-state index is 12.5. The molecular formula is C16H17F3N2O. The van der Waals surface area contributed by atoms with Gasteiger partial charge in [-0.1, -0.05) is 12.1 Å². The quantitative estimate of drug-likeness (QED) is 0.944. The summed E-state index contributed by atoms with van der Waals surface area (Å²) in [6.07, 6.45) is 0.911. The van der Waals surface area contributed by atoms with E-state index in [4.69, 9.17) is 0 Å². The first-order valence-electron chi connectivity index (χ1n) is 7.31. The Balaban J connectivity index is 1.78. The highest BCUT2D eigenvalue weighted by Gasteiger charge is 2.30. The number of aryl methyl sites for hydroxylation is 1. The zero-order valence-electron chi connectivity index (χ0n) is 12.0. The number of fused-ring (bicyclic) bond motifs is 1. The molecule has 1 atom stereocenters. The molecule has 22 heavy (non-hydrogen) atoms. The van der Waals surface area contributed by atoms with E-state index in [1.807, 2.05) is 10.8 Å². The molecule has 2 heterocycles. The zero-order chi connectivity index (χ0) is 15.7. The lowest BCUT2D eigenvalue weighted by Gasteiger charge is -2.22. The number of nitrogens with zero attached hydrogens (tertiary/aromatic N) is 2. The van der Waals surface area contributed by atoms with Crippen LogP contribution in [0.5, 0.6) is 0 Å². The monoisotopic (exact) mass is 310 g/mol. The molecule has 1 aromatic heterocycles. The fraction of sp³-hybridized carbons (Fsp3) is 0.438. The van der Waals surface area contributed by atoms with Gasteiger partial charge in [0, 0.05) is 19.0 Å². The van der Waals surface area contributed by atoms with E-state index in [0.29, 0.717) is 6.42 Å². The Morgan fingerprint density at radius 1 is 1.23 bits per heavy atom. The van der Waals surface area contributed by atoms with E-state index in [2.05, 4.69) is 4.98 Å². The van der Waals surface area contributed by atoms with Crippen molar-refractivity contribution in [1.82, 2.24) is 9.55 Å². The molecule has 3 nitrogen and oxygen atoms in total. The first kappa shape index (κ1) is 15.1. The summed E-state index contributed by atoms with van der Waals surface area (Å²) in [4.78, 5) is 4.55. The molecule has 118 valence electrons. The van der Waals surface area contributed by atoms with Crippen LogP contribution in [0.4, 0.5) is 13.2 Å². The zero-order valence-corrected chi connectivity index (χ0v) is 12.0. The van der Waals surface area contributed by atoms with Crippen molar-refractivity contribution in [2.24, 2.45) is 0 Å². The third kappa shape index (κ3) is 3.02. The number of rotatable bonds is 3. The van der Waals surface area contributed by atoms with Crippen molar-refractivity contribution < 1.29 is 18.3 Å². The highest BCUT2D eigenvalue weighted by molar-refractivity contribution is 5.27. The Labute approximate surface area is 126 Å². The highest BCUT2D eigenvalue weighted by Crippen LogP contribution is 2.30. The van der Waals surface area contributed by atoms with E-state index in [-0.39, 0.29) is 12.6 Å². The predicted molar refractivity (Wildman–Crippen MR) is 75.5 cm³/mol. The van der Waals surface area contributed by atoms with E-state index >= 15 is 0 Å². The van der Waals surface area contributed by atoms with Crippen molar-refractivity contribution in [2.75, 3.05) is 6.61 Å². The van der Waals surface area contributed by atoms with Crippen LogP contribution in [0.2, 0.25) is 0 Å². The summed E-state index contributed by atoms with van der Waals surface area (Å²) in [5.74, 6) is 0.951. The van der Waals surface area contributed by atoms with Gasteiger partial charge in [-0.25, -0.2) is 4.98 Å². The van der Waals surface area contributed by atoms with Crippen molar-refractivity contribution in [3.63, 3.8) is 0 Å². The second-order valence-corrected chi connectivity index (χ2v) is 5.66. The van der Waals surface area contributed by atoms with Crippen molar-refractivity contribution in [3.05, 3.63) is 53.1 Å². The van der Waals surface area contributed by atoms with E-state index in [0.717, 1.165) is 48.5 Å². The number of hydrogen-bond acceptors (Lipinski definition) is 2. The first-order valence-corrected chi connectivity index (χ1v) is 7.31. The average Bonchev–Trinajstić information content (AvgIpc) is 2.89. The fourth-order valence-corrected chi connectivity index (χ4v) is 2.91. The largest absolute Gasteiger partial charge is 0.416 e. The van der Waals surface area contributed by atoms with Crippen LogP contribution < -0.4 is 0 Å². The van der Waals surface area contributed by atoms with E-state index in [9.17, 15) is 18.3 Å². The molecule has 1 aliphatic heterocycles. The molecule has 0 saturated carbocycles. The van der Waals surface area contributed by atoms with Gasteiger partial charge in [0.05, 0.1) is 23.9 Å². The summed E-state index contributed by atoms with van der Waals surface area (Å²) in [5.41, 5.74) is 0.986. The lowest BCUT2D eigenvalue weighted by molar-refractivity contribution is -0.137. The Morgan fingerprint density at radius 2 is 1.95 bits per heavy atom. The van der Waals surface area contributed by atoms with Gasteiger partial charge >= 0.3 is 6.18 Å². The molecule has 6 heteroatoms. The molecule has 0 radical (unpaired) electrons. The second-order valence-electron chi connectivity index (χ2n) is 5.66. The van der Waals surface area contributed by atoms with Crippen molar-refractivity contribution >= 4 is 0 Å². The summed E-state index contributed by atoms with van der Waals surface area (Å²) in [7, 11) is 0. The molecule has 0 fully saturated rings. The van der Waals surface area contributed by atoms with Gasteiger partial charge in [0.2, 0.25) is 0 Å². The molecule has 0 bridgehead atoms. The Hall–Kier alpha value is -1.82. The third-order valence-corrected chi connectivity index (χ3v) is 4.07. The molecule has 2 aromatic rings. The minimum absolute atomic E-state index is 0.0672.